The molecule has 1 saturated heterocycles. The number of aromatic nitrogens is 2. The maximum atomic E-state index is 12.6. The van der Waals surface area contributed by atoms with Gasteiger partial charge < -0.3 is 19.6 Å². The third kappa shape index (κ3) is 3.69. The molecule has 0 unspecified atom stereocenters. The van der Waals surface area contributed by atoms with E-state index in [-0.39, 0.29) is 11.5 Å². The molecule has 1 amide bonds. The van der Waals surface area contributed by atoms with Crippen LogP contribution in [0.15, 0.2) is 39.8 Å². The highest BCUT2D eigenvalue weighted by Gasteiger charge is 2.18. The van der Waals surface area contributed by atoms with Gasteiger partial charge in [0, 0.05) is 58.1 Å². The first-order valence-corrected chi connectivity index (χ1v) is 9.30. The molecule has 4 heterocycles. The van der Waals surface area contributed by atoms with E-state index in [1.807, 2.05) is 12.1 Å². The first kappa shape index (κ1) is 18.4. The summed E-state index contributed by atoms with van der Waals surface area (Å²) in [6, 6.07) is 5.46. The van der Waals surface area contributed by atoms with E-state index in [0.717, 1.165) is 43.1 Å². The Kier molecular flexibility index (Phi) is 4.97. The van der Waals surface area contributed by atoms with Crippen molar-refractivity contribution in [2.75, 3.05) is 31.5 Å². The summed E-state index contributed by atoms with van der Waals surface area (Å²) >= 11 is 0. The second-order valence-electron chi connectivity index (χ2n) is 7.05. The van der Waals surface area contributed by atoms with Crippen molar-refractivity contribution in [1.82, 2.24) is 19.8 Å². The maximum Gasteiger partial charge on any atom is 0.261 e. The maximum absolute atomic E-state index is 12.6. The predicted octanol–water partition coefficient (Wildman–Crippen LogP) is 1.56. The van der Waals surface area contributed by atoms with Crippen LogP contribution in [-0.2, 0) is 18.4 Å². The van der Waals surface area contributed by atoms with Crippen molar-refractivity contribution < 1.29 is 9.21 Å². The second kappa shape index (κ2) is 7.57. The third-order valence-corrected chi connectivity index (χ3v) is 4.87. The lowest BCUT2D eigenvalue weighted by molar-refractivity contribution is -0.114. The van der Waals surface area contributed by atoms with Gasteiger partial charge in [-0.25, -0.2) is 4.98 Å². The normalized spacial score (nSPS) is 15.1. The lowest BCUT2D eigenvalue weighted by Gasteiger charge is -2.26. The molecule has 1 fully saturated rings. The van der Waals surface area contributed by atoms with Crippen molar-refractivity contribution >= 4 is 22.7 Å². The van der Waals surface area contributed by atoms with Gasteiger partial charge in [-0.3, -0.25) is 14.5 Å². The Morgan fingerprint density at radius 1 is 1.32 bits per heavy atom. The average molecular weight is 381 g/mol. The zero-order chi connectivity index (χ0) is 19.7. The van der Waals surface area contributed by atoms with Crippen LogP contribution in [0.4, 0.5) is 5.82 Å². The van der Waals surface area contributed by atoms with Crippen molar-refractivity contribution in [2.24, 2.45) is 7.05 Å². The number of fused-ring (bicyclic) bond motifs is 1. The van der Waals surface area contributed by atoms with E-state index in [1.165, 1.54) is 6.92 Å². The Hall–Kier alpha value is -2.97. The lowest BCUT2D eigenvalue weighted by atomic mass is 10.1. The number of hydrogen-bond donors (Lipinski definition) is 2. The molecule has 3 aromatic heterocycles. The molecule has 4 rings (SSSR count). The Morgan fingerprint density at radius 2 is 2.11 bits per heavy atom. The number of carbonyl (C=O) groups is 1. The zero-order valence-electron chi connectivity index (χ0n) is 16.0. The fourth-order valence-electron chi connectivity index (χ4n) is 3.52. The number of aryl methyl sites for hydroxylation is 1. The molecule has 0 atom stereocenters. The number of hydrogen-bond acceptors (Lipinski definition) is 6. The molecule has 3 aromatic rings. The van der Waals surface area contributed by atoms with Crippen LogP contribution in [-0.4, -0.2) is 46.5 Å². The van der Waals surface area contributed by atoms with E-state index < -0.39 is 0 Å². The topological polar surface area (TPSA) is 92.4 Å². The van der Waals surface area contributed by atoms with Crippen molar-refractivity contribution in [3.05, 3.63) is 46.7 Å². The molecule has 0 spiro atoms. The average Bonchev–Trinajstić information content (AvgIpc) is 3.09. The van der Waals surface area contributed by atoms with E-state index in [9.17, 15) is 9.59 Å². The van der Waals surface area contributed by atoms with Crippen LogP contribution in [0.25, 0.3) is 22.1 Å². The Bertz CT molecular complexity index is 1080. The fraction of sp³-hybridized carbons (Fsp3) is 0.350. The first-order valence-electron chi connectivity index (χ1n) is 9.30. The highest BCUT2D eigenvalue weighted by Crippen LogP contribution is 2.30. The highest BCUT2D eigenvalue weighted by molar-refractivity contribution is 5.93. The van der Waals surface area contributed by atoms with E-state index in [0.29, 0.717) is 23.3 Å². The predicted molar refractivity (Wildman–Crippen MR) is 107 cm³/mol. The van der Waals surface area contributed by atoms with Crippen LogP contribution in [0.3, 0.4) is 0 Å². The molecule has 28 heavy (non-hydrogen) atoms. The summed E-state index contributed by atoms with van der Waals surface area (Å²) in [4.78, 5) is 30.4. The SMILES string of the molecule is CC(=O)Nc1cc(-c2cn(C)c(=O)c3cc(CN4CCNCC4)oc23)ccn1. The molecule has 1 aliphatic rings. The number of nitrogens with one attached hydrogen (secondary N) is 2. The van der Waals surface area contributed by atoms with Crippen LogP contribution in [0.1, 0.15) is 12.7 Å². The molecular formula is C20H23N5O3. The summed E-state index contributed by atoms with van der Waals surface area (Å²) in [5.41, 5.74) is 2.08. The molecule has 0 saturated carbocycles. The number of furan rings is 1. The molecule has 8 nitrogen and oxygen atoms in total. The molecule has 0 radical (unpaired) electrons. The van der Waals surface area contributed by atoms with E-state index in [2.05, 4.69) is 20.5 Å². The second-order valence-corrected chi connectivity index (χ2v) is 7.05. The van der Waals surface area contributed by atoms with Crippen LogP contribution < -0.4 is 16.2 Å². The quantitative estimate of drug-likeness (QED) is 0.713. The van der Waals surface area contributed by atoms with Crippen molar-refractivity contribution in [3.63, 3.8) is 0 Å². The number of carbonyl (C=O) groups excluding carboxylic acids is 1. The minimum Gasteiger partial charge on any atom is -0.459 e. The van der Waals surface area contributed by atoms with Gasteiger partial charge in [0.05, 0.1) is 11.9 Å². The van der Waals surface area contributed by atoms with Gasteiger partial charge in [0.1, 0.15) is 17.2 Å². The molecule has 8 heteroatoms. The number of pyridine rings is 2. The molecule has 146 valence electrons. The minimum absolute atomic E-state index is 0.0924. The van der Waals surface area contributed by atoms with Gasteiger partial charge in [-0.05, 0) is 23.8 Å². The van der Waals surface area contributed by atoms with Crippen LogP contribution >= 0.6 is 0 Å². The standard InChI is InChI=1S/C20H23N5O3/c1-13(26)23-18-9-14(3-4-22-18)17-12-24(2)20(27)16-10-15(28-19(16)17)11-25-7-5-21-6-8-25/h3-4,9-10,12,21H,5-8,11H2,1-2H3,(H,22,23,26). The van der Waals surface area contributed by atoms with Crippen molar-refractivity contribution in [1.29, 1.82) is 0 Å². The van der Waals surface area contributed by atoms with Gasteiger partial charge in [-0.1, -0.05) is 0 Å². The smallest absolute Gasteiger partial charge is 0.261 e. The summed E-state index contributed by atoms with van der Waals surface area (Å²) in [5, 5.41) is 6.58. The van der Waals surface area contributed by atoms with Crippen LogP contribution in [0.2, 0.25) is 0 Å². The zero-order valence-corrected chi connectivity index (χ0v) is 16.0. The molecule has 2 N–H and O–H groups in total. The number of rotatable bonds is 4. The fourth-order valence-corrected chi connectivity index (χ4v) is 3.52. The number of amides is 1. The monoisotopic (exact) mass is 381 g/mol. The van der Waals surface area contributed by atoms with E-state index in [4.69, 9.17) is 4.42 Å². The van der Waals surface area contributed by atoms with Crippen molar-refractivity contribution in [2.45, 2.75) is 13.5 Å². The van der Waals surface area contributed by atoms with Crippen molar-refractivity contribution in [3.8, 4) is 11.1 Å². The minimum atomic E-state index is -0.188. The van der Waals surface area contributed by atoms with Gasteiger partial charge in [0.25, 0.3) is 5.56 Å². The summed E-state index contributed by atoms with van der Waals surface area (Å²) in [7, 11) is 1.73. The van der Waals surface area contributed by atoms with E-state index in [1.54, 1.807) is 30.1 Å². The Labute approximate surface area is 162 Å². The number of piperazine rings is 1. The highest BCUT2D eigenvalue weighted by atomic mass is 16.3. The summed E-state index contributed by atoms with van der Waals surface area (Å²) in [5.74, 6) is 1.05. The number of anilines is 1. The van der Waals surface area contributed by atoms with Gasteiger partial charge in [0.15, 0.2) is 0 Å². The van der Waals surface area contributed by atoms with Crippen LogP contribution in [0.5, 0.6) is 0 Å². The van der Waals surface area contributed by atoms with Gasteiger partial charge in [0.2, 0.25) is 5.91 Å². The molecular weight excluding hydrogens is 358 g/mol. The third-order valence-electron chi connectivity index (χ3n) is 4.87. The summed E-state index contributed by atoms with van der Waals surface area (Å²) < 4.78 is 7.69. The largest absolute Gasteiger partial charge is 0.459 e. The molecule has 0 aromatic carbocycles. The number of nitrogens with zero attached hydrogens (tertiary/aromatic N) is 3. The molecule has 0 aliphatic carbocycles. The Balaban J connectivity index is 1.77. The van der Waals surface area contributed by atoms with Gasteiger partial charge in [-0.2, -0.15) is 0 Å². The van der Waals surface area contributed by atoms with E-state index >= 15 is 0 Å². The molecule has 0 bridgehead atoms. The summed E-state index contributed by atoms with van der Waals surface area (Å²) in [6.07, 6.45) is 3.39. The molecule has 1 aliphatic heterocycles. The summed E-state index contributed by atoms with van der Waals surface area (Å²) in [6.45, 7) is 5.92. The van der Waals surface area contributed by atoms with Crippen LogP contribution in [0, 0.1) is 0 Å². The Morgan fingerprint density at radius 3 is 2.86 bits per heavy atom. The lowest BCUT2D eigenvalue weighted by Crippen LogP contribution is -2.42. The first-order chi connectivity index (χ1) is 13.5. The van der Waals surface area contributed by atoms with Gasteiger partial charge >= 0.3 is 0 Å². The van der Waals surface area contributed by atoms with Gasteiger partial charge in [-0.15, -0.1) is 0 Å².